The lowest BCUT2D eigenvalue weighted by Crippen LogP contribution is -2.11. The Labute approximate surface area is 76.8 Å². The molecule has 0 unspecified atom stereocenters. The second-order valence-corrected chi connectivity index (χ2v) is 3.69. The highest BCUT2D eigenvalue weighted by Crippen LogP contribution is 2.20. The second-order valence-electron chi connectivity index (χ2n) is 2.69. The maximum Gasteiger partial charge on any atom is 0.0695 e. The molecule has 1 heterocycles. The molecule has 12 heavy (non-hydrogen) atoms. The van der Waals surface area contributed by atoms with Gasteiger partial charge in [-0.25, -0.2) is 0 Å². The predicted molar refractivity (Wildman–Crippen MR) is 51.1 cm³/mol. The molecule has 64 valence electrons. The Hall–Kier alpha value is -0.850. The predicted octanol–water partition coefficient (Wildman–Crippen LogP) is 2.09. The van der Waals surface area contributed by atoms with E-state index in [1.54, 1.807) is 11.3 Å². The lowest BCUT2D eigenvalue weighted by molar-refractivity contribution is 0.654. The number of nitriles is 1. The average molecular weight is 180 g/mol. The van der Waals surface area contributed by atoms with Gasteiger partial charge in [0.1, 0.15) is 0 Å². The van der Waals surface area contributed by atoms with E-state index in [9.17, 15) is 0 Å². The van der Waals surface area contributed by atoms with Gasteiger partial charge in [-0.3, -0.25) is 0 Å². The third-order valence-corrected chi connectivity index (χ3v) is 2.82. The maximum absolute atomic E-state index is 8.47. The molecule has 0 aliphatic carbocycles. The van der Waals surface area contributed by atoms with E-state index in [4.69, 9.17) is 5.26 Å². The summed E-state index contributed by atoms with van der Waals surface area (Å²) in [5.41, 5.74) is 1.27. The summed E-state index contributed by atoms with van der Waals surface area (Å²) < 4.78 is 0. The van der Waals surface area contributed by atoms with Crippen LogP contribution in [0.25, 0.3) is 0 Å². The molecule has 1 rings (SSSR count). The van der Waals surface area contributed by atoms with Crippen molar-refractivity contribution in [3.63, 3.8) is 0 Å². The fourth-order valence-corrected chi connectivity index (χ4v) is 1.87. The number of rotatable bonds is 3. The lowest BCUT2D eigenvalue weighted by atomic mass is 10.1. The number of thiophene rings is 1. The van der Waals surface area contributed by atoms with Gasteiger partial charge in [0.15, 0.2) is 0 Å². The number of hydrogen-bond donors (Lipinski definition) is 1. The standard InChI is InChI=1S/C9H12N2S/c1-7(11-2)8-5-9(3-4-10)12-6-8/h5-7,11H,3H2,1-2H3/t7-/m1/s1. The fraction of sp³-hybridized carbons (Fsp3) is 0.444. The van der Waals surface area contributed by atoms with Crippen molar-refractivity contribution in [2.24, 2.45) is 0 Å². The first-order valence-electron chi connectivity index (χ1n) is 3.89. The van der Waals surface area contributed by atoms with Gasteiger partial charge in [-0.2, -0.15) is 5.26 Å². The van der Waals surface area contributed by atoms with E-state index in [0.717, 1.165) is 4.88 Å². The molecule has 0 radical (unpaired) electrons. The Morgan fingerprint density at radius 1 is 1.75 bits per heavy atom. The van der Waals surface area contributed by atoms with E-state index in [-0.39, 0.29) is 0 Å². The first kappa shape index (κ1) is 9.24. The number of nitrogens with zero attached hydrogens (tertiary/aromatic N) is 1. The molecule has 1 N–H and O–H groups in total. The van der Waals surface area contributed by atoms with E-state index in [1.807, 2.05) is 7.05 Å². The van der Waals surface area contributed by atoms with Crippen LogP contribution in [0, 0.1) is 11.3 Å². The molecule has 0 fully saturated rings. The first-order chi connectivity index (χ1) is 5.77. The van der Waals surface area contributed by atoms with Crippen molar-refractivity contribution in [3.8, 4) is 6.07 Å². The third kappa shape index (κ3) is 2.07. The Bertz CT molecular complexity index is 285. The van der Waals surface area contributed by atoms with Gasteiger partial charge in [-0.15, -0.1) is 11.3 Å². The van der Waals surface area contributed by atoms with E-state index < -0.39 is 0 Å². The quantitative estimate of drug-likeness (QED) is 0.773. The summed E-state index contributed by atoms with van der Waals surface area (Å²) in [7, 11) is 1.94. The fourth-order valence-electron chi connectivity index (χ4n) is 0.962. The van der Waals surface area contributed by atoms with Gasteiger partial charge in [0.25, 0.3) is 0 Å². The van der Waals surface area contributed by atoms with Crippen LogP contribution in [0.2, 0.25) is 0 Å². The van der Waals surface area contributed by atoms with Crippen LogP contribution in [-0.4, -0.2) is 7.05 Å². The van der Waals surface area contributed by atoms with Gasteiger partial charge >= 0.3 is 0 Å². The second kappa shape index (κ2) is 4.24. The summed E-state index contributed by atoms with van der Waals surface area (Å²) in [6.45, 7) is 2.11. The van der Waals surface area contributed by atoms with Crippen LogP contribution in [0.5, 0.6) is 0 Å². The van der Waals surface area contributed by atoms with Gasteiger partial charge in [0.2, 0.25) is 0 Å². The van der Waals surface area contributed by atoms with Crippen molar-refractivity contribution in [2.45, 2.75) is 19.4 Å². The van der Waals surface area contributed by atoms with Crippen molar-refractivity contribution >= 4 is 11.3 Å². The van der Waals surface area contributed by atoms with Crippen LogP contribution < -0.4 is 5.32 Å². The molecule has 0 aromatic carbocycles. The van der Waals surface area contributed by atoms with E-state index >= 15 is 0 Å². The molecule has 1 aromatic rings. The molecular weight excluding hydrogens is 168 g/mol. The highest BCUT2D eigenvalue weighted by Gasteiger charge is 2.04. The van der Waals surface area contributed by atoms with Crippen molar-refractivity contribution < 1.29 is 0 Å². The first-order valence-corrected chi connectivity index (χ1v) is 4.77. The zero-order valence-electron chi connectivity index (χ0n) is 7.29. The smallest absolute Gasteiger partial charge is 0.0695 e. The Morgan fingerprint density at radius 3 is 3.08 bits per heavy atom. The number of nitrogens with one attached hydrogen (secondary N) is 1. The van der Waals surface area contributed by atoms with Crippen LogP contribution in [0.3, 0.4) is 0 Å². The van der Waals surface area contributed by atoms with Gasteiger partial charge < -0.3 is 5.32 Å². The largest absolute Gasteiger partial charge is 0.313 e. The summed E-state index contributed by atoms with van der Waals surface area (Å²) in [5, 5.41) is 13.7. The van der Waals surface area contributed by atoms with Crippen molar-refractivity contribution in [2.75, 3.05) is 7.05 Å². The van der Waals surface area contributed by atoms with Crippen LogP contribution in [-0.2, 0) is 6.42 Å². The summed E-state index contributed by atoms with van der Waals surface area (Å²) >= 11 is 1.66. The molecule has 0 saturated carbocycles. The van der Waals surface area contributed by atoms with Crippen LogP contribution in [0.4, 0.5) is 0 Å². The molecule has 1 atom stereocenters. The Balaban J connectivity index is 2.71. The SMILES string of the molecule is CN[C@H](C)c1csc(CC#N)c1. The van der Waals surface area contributed by atoms with Crippen molar-refractivity contribution in [1.82, 2.24) is 5.32 Å². The Morgan fingerprint density at radius 2 is 2.50 bits per heavy atom. The summed E-state index contributed by atoms with van der Waals surface area (Å²) in [5.74, 6) is 0. The van der Waals surface area contributed by atoms with E-state index in [0.29, 0.717) is 12.5 Å². The molecule has 1 aromatic heterocycles. The number of hydrogen-bond acceptors (Lipinski definition) is 3. The molecule has 3 heteroatoms. The Kier molecular flexibility index (Phi) is 3.27. The van der Waals surface area contributed by atoms with Gasteiger partial charge in [-0.1, -0.05) is 0 Å². The lowest BCUT2D eigenvalue weighted by Gasteiger charge is -2.05. The molecule has 0 saturated heterocycles. The van der Waals surface area contributed by atoms with Gasteiger partial charge in [-0.05, 0) is 31.0 Å². The minimum Gasteiger partial charge on any atom is -0.313 e. The van der Waals surface area contributed by atoms with Crippen molar-refractivity contribution in [3.05, 3.63) is 21.9 Å². The van der Waals surface area contributed by atoms with Crippen LogP contribution in [0.15, 0.2) is 11.4 Å². The van der Waals surface area contributed by atoms with Crippen LogP contribution in [0.1, 0.15) is 23.4 Å². The van der Waals surface area contributed by atoms with E-state index in [1.165, 1.54) is 5.56 Å². The normalized spacial score (nSPS) is 12.4. The van der Waals surface area contributed by atoms with E-state index in [2.05, 4.69) is 29.8 Å². The minimum absolute atomic E-state index is 0.383. The van der Waals surface area contributed by atoms with Crippen LogP contribution >= 0.6 is 11.3 Å². The summed E-state index contributed by atoms with van der Waals surface area (Å²) in [4.78, 5) is 1.15. The van der Waals surface area contributed by atoms with Gasteiger partial charge in [0, 0.05) is 10.9 Å². The third-order valence-electron chi connectivity index (χ3n) is 1.86. The van der Waals surface area contributed by atoms with Crippen molar-refractivity contribution in [1.29, 1.82) is 5.26 Å². The zero-order valence-corrected chi connectivity index (χ0v) is 8.11. The zero-order chi connectivity index (χ0) is 8.97. The highest BCUT2D eigenvalue weighted by atomic mass is 32.1. The molecule has 0 aliphatic heterocycles. The monoisotopic (exact) mass is 180 g/mol. The van der Waals surface area contributed by atoms with Gasteiger partial charge in [0.05, 0.1) is 12.5 Å². The molecular formula is C9H12N2S. The molecule has 0 aliphatic rings. The topological polar surface area (TPSA) is 35.8 Å². The average Bonchev–Trinajstić information content (AvgIpc) is 2.52. The molecule has 0 spiro atoms. The highest BCUT2D eigenvalue weighted by molar-refractivity contribution is 7.10. The molecule has 0 bridgehead atoms. The summed E-state index contributed by atoms with van der Waals surface area (Å²) in [6.07, 6.45) is 0.529. The summed E-state index contributed by atoms with van der Waals surface area (Å²) in [6, 6.07) is 4.62. The maximum atomic E-state index is 8.47. The minimum atomic E-state index is 0.383. The molecule has 2 nitrogen and oxygen atoms in total. The molecule has 0 amide bonds.